The van der Waals surface area contributed by atoms with E-state index in [0.717, 1.165) is 0 Å². The molecule has 0 atom stereocenters. The van der Waals surface area contributed by atoms with Crippen molar-refractivity contribution in [2.45, 2.75) is 6.92 Å². The van der Waals surface area contributed by atoms with E-state index in [2.05, 4.69) is 5.10 Å². The zero-order valence-electron chi connectivity index (χ0n) is 13.1. The zero-order chi connectivity index (χ0) is 17.1. The van der Waals surface area contributed by atoms with E-state index in [0.29, 0.717) is 57.8 Å². The van der Waals surface area contributed by atoms with E-state index in [4.69, 9.17) is 26.8 Å². The van der Waals surface area contributed by atoms with E-state index in [9.17, 15) is 5.21 Å². The monoisotopic (exact) mass is 348 g/mol. The molecule has 0 aliphatic heterocycles. The summed E-state index contributed by atoms with van der Waals surface area (Å²) in [5.41, 5.74) is 6.98. The number of fused-ring (bicyclic) bond motifs is 1. The van der Waals surface area contributed by atoms with Gasteiger partial charge in [-0.05, 0) is 36.0 Å². The van der Waals surface area contributed by atoms with Crippen LogP contribution in [-0.4, -0.2) is 29.7 Å². The number of rotatable bonds is 6. The molecule has 3 rings (SSSR count). The fraction of sp³-hybridized carbons (Fsp3) is 0.250. The Labute approximate surface area is 143 Å². The Balaban J connectivity index is 2.07. The zero-order valence-corrected chi connectivity index (χ0v) is 13.9. The maximum Gasteiger partial charge on any atom is 0.250 e. The van der Waals surface area contributed by atoms with Gasteiger partial charge in [0.2, 0.25) is 11.0 Å². The van der Waals surface area contributed by atoms with Gasteiger partial charge in [0.25, 0.3) is 0 Å². The minimum Gasteiger partial charge on any atom is -0.692 e. The van der Waals surface area contributed by atoms with Crippen LogP contribution in [-0.2, 0) is 0 Å². The standard InChI is InChI=1S/C16H17ClN4O3/c1-2-23-15-6-4-12(10-16(15)24-8-7-18)20-19-13-5-3-11(17)9-14(13)21(20)22/h3-6,9-10H,2,7-8,18H2,1H3. The van der Waals surface area contributed by atoms with E-state index in [1.165, 1.54) is 4.80 Å². The number of hydrogen-bond donors (Lipinski definition) is 1. The predicted molar refractivity (Wildman–Crippen MR) is 90.8 cm³/mol. The maximum atomic E-state index is 12.5. The van der Waals surface area contributed by atoms with Gasteiger partial charge in [-0.2, -0.15) is 0 Å². The van der Waals surface area contributed by atoms with E-state index in [1.54, 1.807) is 36.4 Å². The van der Waals surface area contributed by atoms with Crippen LogP contribution < -0.4 is 20.1 Å². The van der Waals surface area contributed by atoms with Crippen molar-refractivity contribution in [2.24, 2.45) is 5.73 Å². The van der Waals surface area contributed by atoms with Crippen LogP contribution in [0.2, 0.25) is 5.02 Å². The molecule has 0 fully saturated rings. The molecule has 24 heavy (non-hydrogen) atoms. The molecule has 0 saturated carbocycles. The summed E-state index contributed by atoms with van der Waals surface area (Å²) in [4.78, 5) is 1.93. The molecule has 1 aromatic heterocycles. The molecule has 3 aromatic rings. The average molecular weight is 349 g/mol. The molecule has 2 N–H and O–H groups in total. The predicted octanol–water partition coefficient (Wildman–Crippen LogP) is 2.05. The Morgan fingerprint density at radius 2 is 2.04 bits per heavy atom. The summed E-state index contributed by atoms with van der Waals surface area (Å²) in [7, 11) is 0. The fourth-order valence-electron chi connectivity index (χ4n) is 2.32. The van der Waals surface area contributed by atoms with E-state index < -0.39 is 0 Å². The van der Waals surface area contributed by atoms with Crippen LogP contribution in [0, 0.1) is 5.21 Å². The van der Waals surface area contributed by atoms with Gasteiger partial charge in [0.05, 0.1) is 11.7 Å². The number of nitrogens with zero attached hydrogens (tertiary/aromatic N) is 3. The number of ether oxygens (including phenoxy) is 2. The lowest BCUT2D eigenvalue weighted by molar-refractivity contribution is -0.664. The number of nitrogens with two attached hydrogens (primary N) is 1. The van der Waals surface area contributed by atoms with Crippen LogP contribution in [0.5, 0.6) is 11.5 Å². The number of hydrogen-bond acceptors (Lipinski definition) is 5. The molecule has 0 aliphatic carbocycles. The minimum atomic E-state index is 0.345. The molecule has 7 nitrogen and oxygen atoms in total. The van der Waals surface area contributed by atoms with Gasteiger partial charge in [-0.3, -0.25) is 0 Å². The van der Waals surface area contributed by atoms with Crippen LogP contribution in [0.25, 0.3) is 16.7 Å². The molecule has 0 amide bonds. The Hall–Kier alpha value is -2.51. The molecule has 0 aliphatic rings. The van der Waals surface area contributed by atoms with Gasteiger partial charge in [-0.1, -0.05) is 11.6 Å². The molecule has 1 heterocycles. The van der Waals surface area contributed by atoms with Crippen molar-refractivity contribution in [3.05, 3.63) is 46.6 Å². The Morgan fingerprint density at radius 1 is 1.21 bits per heavy atom. The van der Waals surface area contributed by atoms with E-state index >= 15 is 0 Å². The van der Waals surface area contributed by atoms with Crippen molar-refractivity contribution in [3.8, 4) is 17.2 Å². The Kier molecular flexibility index (Phi) is 4.73. The van der Waals surface area contributed by atoms with Crippen LogP contribution in [0.4, 0.5) is 0 Å². The topological polar surface area (TPSA) is 89.2 Å². The van der Waals surface area contributed by atoms with E-state index in [1.807, 2.05) is 6.92 Å². The molecule has 0 bridgehead atoms. The highest BCUT2D eigenvalue weighted by Crippen LogP contribution is 2.29. The highest BCUT2D eigenvalue weighted by atomic mass is 35.5. The van der Waals surface area contributed by atoms with Gasteiger partial charge in [-0.15, -0.1) is 4.85 Å². The highest BCUT2D eigenvalue weighted by Gasteiger charge is 2.18. The Morgan fingerprint density at radius 3 is 2.79 bits per heavy atom. The molecule has 0 saturated heterocycles. The van der Waals surface area contributed by atoms with Crippen LogP contribution in [0.3, 0.4) is 0 Å². The maximum absolute atomic E-state index is 12.5. The third-order valence-electron chi connectivity index (χ3n) is 3.35. The lowest BCUT2D eigenvalue weighted by Crippen LogP contribution is -2.37. The summed E-state index contributed by atoms with van der Waals surface area (Å²) in [5, 5.41) is 17.3. The number of benzene rings is 2. The first-order valence-electron chi connectivity index (χ1n) is 7.52. The Bertz CT molecular complexity index is 866. The summed E-state index contributed by atoms with van der Waals surface area (Å²) < 4.78 is 11.1. The van der Waals surface area contributed by atoms with Crippen LogP contribution in [0.1, 0.15) is 6.92 Å². The van der Waals surface area contributed by atoms with Crippen LogP contribution in [0.15, 0.2) is 36.4 Å². The molecule has 2 aromatic carbocycles. The normalized spacial score (nSPS) is 11.0. The second kappa shape index (κ2) is 6.94. The van der Waals surface area contributed by atoms with E-state index in [-0.39, 0.29) is 0 Å². The summed E-state index contributed by atoms with van der Waals surface area (Å²) in [6, 6.07) is 10.1. The van der Waals surface area contributed by atoms with Crippen molar-refractivity contribution in [1.29, 1.82) is 0 Å². The minimum absolute atomic E-state index is 0.345. The second-order valence-electron chi connectivity index (χ2n) is 5.00. The smallest absolute Gasteiger partial charge is 0.250 e. The fourth-order valence-corrected chi connectivity index (χ4v) is 2.49. The van der Waals surface area contributed by atoms with Gasteiger partial charge in [0.1, 0.15) is 12.3 Å². The van der Waals surface area contributed by atoms with Crippen molar-refractivity contribution in [2.75, 3.05) is 19.8 Å². The second-order valence-corrected chi connectivity index (χ2v) is 5.43. The molecule has 0 radical (unpaired) electrons. The summed E-state index contributed by atoms with van der Waals surface area (Å²) in [5.74, 6) is 1.10. The van der Waals surface area contributed by atoms with Gasteiger partial charge in [0, 0.05) is 23.7 Å². The highest BCUT2D eigenvalue weighted by molar-refractivity contribution is 6.31. The largest absolute Gasteiger partial charge is 0.692 e. The molecule has 0 unspecified atom stereocenters. The summed E-state index contributed by atoms with van der Waals surface area (Å²) >= 11 is 5.95. The average Bonchev–Trinajstić information content (AvgIpc) is 2.91. The van der Waals surface area contributed by atoms with Crippen LogP contribution >= 0.6 is 11.6 Å². The third kappa shape index (κ3) is 3.08. The summed E-state index contributed by atoms with van der Waals surface area (Å²) in [6.45, 7) is 3.11. The van der Waals surface area contributed by atoms with Gasteiger partial charge in [-0.25, -0.2) is 0 Å². The van der Waals surface area contributed by atoms with Gasteiger partial charge < -0.3 is 20.4 Å². The molecular weight excluding hydrogens is 332 g/mol. The molecule has 8 heteroatoms. The molecular formula is C16H17ClN4O3. The quantitative estimate of drug-likeness (QED) is 0.544. The lowest BCUT2D eigenvalue weighted by Gasteiger charge is -2.12. The van der Waals surface area contributed by atoms with Gasteiger partial charge in [0.15, 0.2) is 11.5 Å². The number of aromatic nitrogens is 3. The number of halogens is 1. The first-order chi connectivity index (χ1) is 11.6. The van der Waals surface area contributed by atoms with Crippen molar-refractivity contribution in [1.82, 2.24) is 9.90 Å². The first kappa shape index (κ1) is 16.4. The molecule has 0 spiro atoms. The first-order valence-corrected chi connectivity index (χ1v) is 7.90. The van der Waals surface area contributed by atoms with Gasteiger partial charge >= 0.3 is 0 Å². The SMILES string of the molecule is CCOc1ccc(-n2nc3ccc(Cl)cc3[n+]2[O-])cc1OCCN. The van der Waals surface area contributed by atoms with Crippen molar-refractivity contribution in [3.63, 3.8) is 0 Å². The van der Waals surface area contributed by atoms with Crippen molar-refractivity contribution >= 4 is 22.6 Å². The molecule has 126 valence electrons. The summed E-state index contributed by atoms with van der Waals surface area (Å²) in [6.07, 6.45) is 0. The van der Waals surface area contributed by atoms with Crippen molar-refractivity contribution < 1.29 is 14.3 Å². The lowest BCUT2D eigenvalue weighted by atomic mass is 10.3. The third-order valence-corrected chi connectivity index (χ3v) is 3.59.